The number of benzene rings is 1. The summed E-state index contributed by atoms with van der Waals surface area (Å²) in [5, 5.41) is 7.28. The number of nitrogens with zero attached hydrogens (tertiary/aromatic N) is 4. The quantitative estimate of drug-likeness (QED) is 0.832. The van der Waals surface area contributed by atoms with Crippen molar-refractivity contribution in [1.82, 2.24) is 25.3 Å². The number of likely N-dealkylation sites (tertiary alicyclic amines) is 1. The van der Waals surface area contributed by atoms with Crippen molar-refractivity contribution in [2.45, 2.75) is 38.3 Å². The van der Waals surface area contributed by atoms with E-state index in [2.05, 4.69) is 20.4 Å². The van der Waals surface area contributed by atoms with Gasteiger partial charge in [0, 0.05) is 37.8 Å². The van der Waals surface area contributed by atoms with Crippen molar-refractivity contribution >= 4 is 6.03 Å². The van der Waals surface area contributed by atoms with Crippen molar-refractivity contribution in [3.05, 3.63) is 36.2 Å². The molecule has 29 heavy (non-hydrogen) atoms. The van der Waals surface area contributed by atoms with E-state index in [1.807, 2.05) is 42.2 Å². The second-order valence-corrected chi connectivity index (χ2v) is 7.79. The zero-order valence-electron chi connectivity index (χ0n) is 16.9. The number of urea groups is 1. The van der Waals surface area contributed by atoms with Gasteiger partial charge in [-0.3, -0.25) is 4.90 Å². The number of carbonyl (C=O) groups excluding carboxylic acids is 1. The largest absolute Gasteiger partial charge is 0.379 e. The van der Waals surface area contributed by atoms with Crippen molar-refractivity contribution < 1.29 is 14.1 Å². The molecule has 4 rings (SSSR count). The number of amides is 2. The smallest absolute Gasteiger partial charge is 0.318 e. The SMILES string of the molecule is CC(CN1CCOCC1)NC(=O)N1CCCCC1c1nc(-c2ccccc2)no1. The third-order valence-corrected chi connectivity index (χ3v) is 5.53. The predicted octanol–water partition coefficient (Wildman–Crippen LogP) is 2.69. The molecule has 156 valence electrons. The van der Waals surface area contributed by atoms with Crippen LogP contribution in [0, 0.1) is 0 Å². The number of aromatic nitrogens is 2. The summed E-state index contributed by atoms with van der Waals surface area (Å²) in [7, 11) is 0. The van der Waals surface area contributed by atoms with E-state index in [-0.39, 0.29) is 18.1 Å². The second-order valence-electron chi connectivity index (χ2n) is 7.79. The third-order valence-electron chi connectivity index (χ3n) is 5.53. The average Bonchev–Trinajstić information content (AvgIpc) is 3.25. The molecule has 0 saturated carbocycles. The molecule has 2 atom stereocenters. The number of carbonyl (C=O) groups is 1. The second kappa shape index (κ2) is 9.37. The Morgan fingerprint density at radius 2 is 2.00 bits per heavy atom. The monoisotopic (exact) mass is 399 g/mol. The molecule has 3 heterocycles. The van der Waals surface area contributed by atoms with Crippen LogP contribution in [-0.4, -0.2) is 71.4 Å². The summed E-state index contributed by atoms with van der Waals surface area (Å²) in [6, 6.07) is 9.57. The molecule has 8 heteroatoms. The standard InChI is InChI=1S/C21H29N5O3/c1-16(15-25-11-13-28-14-12-25)22-21(27)26-10-6-5-9-18(26)20-23-19(24-29-20)17-7-3-2-4-8-17/h2-4,7-8,16,18H,5-6,9-15H2,1H3,(H,22,27). The average molecular weight is 399 g/mol. The molecular weight excluding hydrogens is 370 g/mol. The van der Waals surface area contributed by atoms with Gasteiger partial charge in [-0.15, -0.1) is 0 Å². The van der Waals surface area contributed by atoms with Gasteiger partial charge in [-0.05, 0) is 26.2 Å². The maximum atomic E-state index is 13.0. The summed E-state index contributed by atoms with van der Waals surface area (Å²) in [6.45, 7) is 6.92. The van der Waals surface area contributed by atoms with E-state index in [0.717, 1.165) is 57.7 Å². The van der Waals surface area contributed by atoms with E-state index in [9.17, 15) is 4.79 Å². The first-order valence-electron chi connectivity index (χ1n) is 10.5. The molecule has 8 nitrogen and oxygen atoms in total. The van der Waals surface area contributed by atoms with Crippen LogP contribution in [-0.2, 0) is 4.74 Å². The van der Waals surface area contributed by atoms with Crippen molar-refractivity contribution in [2.24, 2.45) is 0 Å². The van der Waals surface area contributed by atoms with E-state index in [0.29, 0.717) is 18.3 Å². The first kappa shape index (κ1) is 19.8. The van der Waals surface area contributed by atoms with Crippen LogP contribution >= 0.6 is 0 Å². The summed E-state index contributed by atoms with van der Waals surface area (Å²) in [4.78, 5) is 21.8. The fraction of sp³-hybridized carbons (Fsp3) is 0.571. The van der Waals surface area contributed by atoms with Crippen LogP contribution in [0.2, 0.25) is 0 Å². The molecule has 0 aliphatic carbocycles. The lowest BCUT2D eigenvalue weighted by atomic mass is 10.0. The summed E-state index contributed by atoms with van der Waals surface area (Å²) >= 11 is 0. The molecule has 0 radical (unpaired) electrons. The Morgan fingerprint density at radius 1 is 1.21 bits per heavy atom. The molecule has 1 aromatic heterocycles. The van der Waals surface area contributed by atoms with Gasteiger partial charge in [0.25, 0.3) is 0 Å². The summed E-state index contributed by atoms with van der Waals surface area (Å²) in [5.41, 5.74) is 0.911. The zero-order valence-corrected chi connectivity index (χ0v) is 16.9. The minimum absolute atomic E-state index is 0.0603. The van der Waals surface area contributed by atoms with Crippen molar-refractivity contribution in [3.8, 4) is 11.4 Å². The molecule has 2 saturated heterocycles. The van der Waals surface area contributed by atoms with Gasteiger partial charge < -0.3 is 19.5 Å². The fourth-order valence-corrected chi connectivity index (χ4v) is 4.02. The molecule has 1 N–H and O–H groups in total. The Labute approximate surface area is 171 Å². The van der Waals surface area contributed by atoms with E-state index in [4.69, 9.17) is 9.26 Å². The number of nitrogens with one attached hydrogen (secondary N) is 1. The fourth-order valence-electron chi connectivity index (χ4n) is 4.02. The summed E-state index contributed by atoms with van der Waals surface area (Å²) < 4.78 is 11.0. The molecule has 2 amide bonds. The van der Waals surface area contributed by atoms with Gasteiger partial charge in [-0.2, -0.15) is 4.98 Å². The van der Waals surface area contributed by atoms with Crippen molar-refractivity contribution in [2.75, 3.05) is 39.4 Å². The van der Waals surface area contributed by atoms with Crippen LogP contribution in [0.15, 0.2) is 34.9 Å². The van der Waals surface area contributed by atoms with Crippen LogP contribution < -0.4 is 5.32 Å². The highest BCUT2D eigenvalue weighted by Gasteiger charge is 2.33. The number of hydrogen-bond acceptors (Lipinski definition) is 6. The normalized spacial score (nSPS) is 21.7. The van der Waals surface area contributed by atoms with E-state index >= 15 is 0 Å². The van der Waals surface area contributed by atoms with Crippen LogP contribution in [0.3, 0.4) is 0 Å². The molecule has 2 fully saturated rings. The molecule has 2 aromatic rings. The number of morpholine rings is 1. The minimum Gasteiger partial charge on any atom is -0.379 e. The number of hydrogen-bond donors (Lipinski definition) is 1. The van der Waals surface area contributed by atoms with Crippen molar-refractivity contribution in [3.63, 3.8) is 0 Å². The Kier molecular flexibility index (Phi) is 6.41. The molecule has 0 bridgehead atoms. The van der Waals surface area contributed by atoms with Gasteiger partial charge in [0.1, 0.15) is 6.04 Å². The first-order chi connectivity index (χ1) is 14.2. The van der Waals surface area contributed by atoms with Crippen LogP contribution in [0.25, 0.3) is 11.4 Å². The van der Waals surface area contributed by atoms with Crippen LogP contribution in [0.4, 0.5) is 4.79 Å². The topological polar surface area (TPSA) is 83.7 Å². The highest BCUT2D eigenvalue weighted by atomic mass is 16.5. The Hall–Kier alpha value is -2.45. The lowest BCUT2D eigenvalue weighted by molar-refractivity contribution is 0.0343. The van der Waals surface area contributed by atoms with Crippen molar-refractivity contribution in [1.29, 1.82) is 0 Å². The van der Waals surface area contributed by atoms with Gasteiger partial charge in [-0.25, -0.2) is 4.79 Å². The highest BCUT2D eigenvalue weighted by molar-refractivity contribution is 5.75. The van der Waals surface area contributed by atoms with E-state index < -0.39 is 0 Å². The maximum absolute atomic E-state index is 13.0. The van der Waals surface area contributed by atoms with E-state index in [1.165, 1.54) is 0 Å². The molecule has 2 unspecified atom stereocenters. The van der Waals surface area contributed by atoms with Gasteiger partial charge >= 0.3 is 6.03 Å². The lowest BCUT2D eigenvalue weighted by Crippen LogP contribution is -2.51. The molecule has 2 aliphatic rings. The van der Waals surface area contributed by atoms with Crippen LogP contribution in [0.5, 0.6) is 0 Å². The number of rotatable bonds is 5. The maximum Gasteiger partial charge on any atom is 0.318 e. The molecule has 1 aromatic carbocycles. The van der Waals surface area contributed by atoms with Gasteiger partial charge in [0.05, 0.1) is 13.2 Å². The highest BCUT2D eigenvalue weighted by Crippen LogP contribution is 2.31. The number of ether oxygens (including phenoxy) is 1. The number of piperidine rings is 1. The molecule has 2 aliphatic heterocycles. The lowest BCUT2D eigenvalue weighted by Gasteiger charge is -2.35. The zero-order chi connectivity index (χ0) is 20.1. The van der Waals surface area contributed by atoms with Gasteiger partial charge in [0.15, 0.2) is 0 Å². The molecule has 0 spiro atoms. The van der Waals surface area contributed by atoms with Gasteiger partial charge in [0.2, 0.25) is 11.7 Å². The molecular formula is C21H29N5O3. The Bertz CT molecular complexity index is 791. The Morgan fingerprint density at radius 3 is 2.79 bits per heavy atom. The summed E-state index contributed by atoms with van der Waals surface area (Å²) in [5.74, 6) is 1.08. The minimum atomic E-state index is -0.177. The first-order valence-corrected chi connectivity index (χ1v) is 10.5. The summed E-state index contributed by atoms with van der Waals surface area (Å²) in [6.07, 6.45) is 2.87. The predicted molar refractivity (Wildman–Crippen MR) is 108 cm³/mol. The van der Waals surface area contributed by atoms with E-state index in [1.54, 1.807) is 0 Å². The van der Waals surface area contributed by atoms with Gasteiger partial charge in [-0.1, -0.05) is 35.5 Å². The Balaban J connectivity index is 1.40. The van der Waals surface area contributed by atoms with Crippen LogP contribution in [0.1, 0.15) is 38.1 Å². The third kappa shape index (κ3) is 4.94.